The first-order valence-corrected chi connectivity index (χ1v) is 24.5. The van der Waals surface area contributed by atoms with Crippen LogP contribution in [0.3, 0.4) is 0 Å². The number of furan rings is 2. The number of hydrogen-bond donors (Lipinski definition) is 0. The molecule has 12 rings (SSSR count). The van der Waals surface area contributed by atoms with Crippen LogP contribution >= 0.6 is 0 Å². The SMILES string of the molecule is CCc1ccc2c(oc3ccccc32)c1N(c1cccc(C)c1)c1cc(C(C)C)c2ccc3c(N(c4cccc(C)c4)c4c(CC)ccc5c4oc4ccccc45)cc(C(C)C)c4ccc1c2c43. The average molecular weight is 885 g/mol. The summed E-state index contributed by atoms with van der Waals surface area (Å²) >= 11 is 0. The summed E-state index contributed by atoms with van der Waals surface area (Å²) in [5.41, 5.74) is 17.8. The van der Waals surface area contributed by atoms with Crippen LogP contribution in [-0.2, 0) is 12.8 Å². The summed E-state index contributed by atoms with van der Waals surface area (Å²) < 4.78 is 13.9. The van der Waals surface area contributed by atoms with Crippen molar-refractivity contribution in [3.8, 4) is 0 Å². The molecule has 0 amide bonds. The van der Waals surface area contributed by atoms with E-state index in [-0.39, 0.29) is 11.8 Å². The van der Waals surface area contributed by atoms with Crippen molar-refractivity contribution in [1.29, 1.82) is 0 Å². The van der Waals surface area contributed by atoms with Crippen molar-refractivity contribution in [1.82, 2.24) is 0 Å². The summed E-state index contributed by atoms with van der Waals surface area (Å²) in [5, 5.41) is 12.1. The minimum atomic E-state index is 0.246. The molecule has 0 N–H and O–H groups in total. The Morgan fingerprint density at radius 2 is 0.794 bits per heavy atom. The molecule has 0 aliphatic heterocycles. The van der Waals surface area contributed by atoms with E-state index in [1.807, 2.05) is 0 Å². The first kappa shape index (κ1) is 41.8. The third kappa shape index (κ3) is 6.34. The molecule has 4 heteroatoms. The largest absolute Gasteiger partial charge is 0.454 e. The fourth-order valence-corrected chi connectivity index (χ4v) is 11.3. The van der Waals surface area contributed by atoms with Crippen molar-refractivity contribution in [3.05, 3.63) is 191 Å². The predicted molar refractivity (Wildman–Crippen MR) is 290 cm³/mol. The van der Waals surface area contributed by atoms with E-state index in [1.54, 1.807) is 0 Å². The van der Waals surface area contributed by atoms with Gasteiger partial charge in [-0.05, 0) is 142 Å². The highest BCUT2D eigenvalue weighted by molar-refractivity contribution is 6.30. The molecule has 0 spiro atoms. The predicted octanol–water partition coefficient (Wildman–Crippen LogP) is 19.3. The van der Waals surface area contributed by atoms with Crippen LogP contribution < -0.4 is 9.80 Å². The van der Waals surface area contributed by atoms with Crippen LogP contribution in [0.1, 0.15) is 86.8 Å². The molecular weight excluding hydrogens is 829 g/mol. The maximum Gasteiger partial charge on any atom is 0.159 e. The zero-order valence-electron chi connectivity index (χ0n) is 40.3. The number of benzene rings is 10. The maximum absolute atomic E-state index is 6.97. The van der Waals surface area contributed by atoms with E-state index < -0.39 is 0 Å². The molecule has 0 radical (unpaired) electrons. The van der Waals surface area contributed by atoms with E-state index in [4.69, 9.17) is 8.83 Å². The van der Waals surface area contributed by atoms with E-state index in [9.17, 15) is 0 Å². The van der Waals surface area contributed by atoms with Gasteiger partial charge in [-0.15, -0.1) is 0 Å². The van der Waals surface area contributed by atoms with Gasteiger partial charge in [0.2, 0.25) is 0 Å². The smallest absolute Gasteiger partial charge is 0.159 e. The lowest BCUT2D eigenvalue weighted by Crippen LogP contribution is -2.15. The molecule has 0 aliphatic rings. The van der Waals surface area contributed by atoms with Crippen molar-refractivity contribution < 1.29 is 8.83 Å². The fourth-order valence-electron chi connectivity index (χ4n) is 11.3. The molecule has 12 aromatic rings. The summed E-state index contributed by atoms with van der Waals surface area (Å²) in [6.45, 7) is 18.3. The second-order valence-electron chi connectivity index (χ2n) is 19.5. The van der Waals surface area contributed by atoms with Gasteiger partial charge in [0.05, 0.1) is 22.7 Å². The van der Waals surface area contributed by atoms with Crippen LogP contribution in [0.5, 0.6) is 0 Å². The Kier molecular flexibility index (Phi) is 9.88. The molecule has 68 heavy (non-hydrogen) atoms. The number of nitrogens with zero attached hydrogens (tertiary/aromatic N) is 2. The first-order chi connectivity index (χ1) is 33.1. The molecule has 0 saturated carbocycles. The topological polar surface area (TPSA) is 32.8 Å². The number of fused-ring (bicyclic) bond motifs is 6. The van der Waals surface area contributed by atoms with E-state index in [0.29, 0.717) is 0 Å². The Morgan fingerprint density at radius 1 is 0.397 bits per heavy atom. The Morgan fingerprint density at radius 3 is 1.19 bits per heavy atom. The summed E-state index contributed by atoms with van der Waals surface area (Å²) in [5.74, 6) is 0.492. The van der Waals surface area contributed by atoms with Gasteiger partial charge in [0.15, 0.2) is 11.2 Å². The van der Waals surface area contributed by atoms with Gasteiger partial charge in [-0.2, -0.15) is 0 Å². The molecular formula is C64H56N2O2. The van der Waals surface area contributed by atoms with Gasteiger partial charge >= 0.3 is 0 Å². The van der Waals surface area contributed by atoms with Gasteiger partial charge in [0.1, 0.15) is 11.2 Å². The van der Waals surface area contributed by atoms with Gasteiger partial charge < -0.3 is 18.6 Å². The molecule has 2 heterocycles. The quantitative estimate of drug-likeness (QED) is 0.128. The van der Waals surface area contributed by atoms with Gasteiger partial charge in [0.25, 0.3) is 0 Å². The minimum absolute atomic E-state index is 0.246. The van der Waals surface area contributed by atoms with Gasteiger partial charge in [-0.1, -0.05) is 151 Å². The summed E-state index contributed by atoms with van der Waals surface area (Å²) in [7, 11) is 0. The van der Waals surface area contributed by atoms with E-state index >= 15 is 0 Å². The van der Waals surface area contributed by atoms with Crippen LogP contribution in [-0.4, -0.2) is 0 Å². The minimum Gasteiger partial charge on any atom is -0.454 e. The molecule has 334 valence electrons. The van der Waals surface area contributed by atoms with Crippen LogP contribution in [0, 0.1) is 13.8 Å². The highest BCUT2D eigenvalue weighted by Gasteiger charge is 2.30. The monoisotopic (exact) mass is 884 g/mol. The van der Waals surface area contributed by atoms with Crippen molar-refractivity contribution in [2.75, 3.05) is 9.80 Å². The van der Waals surface area contributed by atoms with Crippen LogP contribution in [0.15, 0.2) is 167 Å². The maximum atomic E-state index is 6.97. The zero-order valence-corrected chi connectivity index (χ0v) is 40.3. The van der Waals surface area contributed by atoms with Crippen LogP contribution in [0.25, 0.3) is 76.2 Å². The molecule has 10 aromatic carbocycles. The molecule has 0 saturated heterocycles. The van der Waals surface area contributed by atoms with Gasteiger partial charge in [0, 0.05) is 43.7 Å². The lowest BCUT2D eigenvalue weighted by molar-refractivity contribution is 0.668. The Bertz CT molecular complexity index is 3680. The van der Waals surface area contributed by atoms with Gasteiger partial charge in [-0.3, -0.25) is 0 Å². The second kappa shape index (κ2) is 16.1. The Hall–Kier alpha value is -7.56. The van der Waals surface area contributed by atoms with Gasteiger partial charge in [-0.25, -0.2) is 0 Å². The number of hydrogen-bond acceptors (Lipinski definition) is 4. The third-order valence-corrected chi connectivity index (χ3v) is 14.6. The third-order valence-electron chi connectivity index (χ3n) is 14.6. The highest BCUT2D eigenvalue weighted by atomic mass is 16.3. The fraction of sp³-hybridized carbons (Fsp3) is 0.188. The lowest BCUT2D eigenvalue weighted by Gasteiger charge is -2.33. The first-order valence-electron chi connectivity index (χ1n) is 24.5. The Balaban J connectivity index is 1.24. The van der Waals surface area contributed by atoms with E-state index in [2.05, 4.69) is 223 Å². The molecule has 0 bridgehead atoms. The number of anilines is 6. The van der Waals surface area contributed by atoms with Crippen LogP contribution in [0.4, 0.5) is 34.1 Å². The second-order valence-corrected chi connectivity index (χ2v) is 19.5. The highest BCUT2D eigenvalue weighted by Crippen LogP contribution is 2.54. The van der Waals surface area contributed by atoms with Crippen LogP contribution in [0.2, 0.25) is 0 Å². The van der Waals surface area contributed by atoms with Crippen molar-refractivity contribution in [3.63, 3.8) is 0 Å². The summed E-state index contributed by atoms with van der Waals surface area (Å²) in [6.07, 6.45) is 1.70. The normalized spacial score (nSPS) is 12.2. The summed E-state index contributed by atoms with van der Waals surface area (Å²) in [6, 6.07) is 58.6. The molecule has 0 aliphatic carbocycles. The Labute approximate surface area is 398 Å². The number of para-hydroxylation sites is 2. The lowest BCUT2D eigenvalue weighted by atomic mass is 9.84. The molecule has 0 unspecified atom stereocenters. The molecule has 2 aromatic heterocycles. The van der Waals surface area contributed by atoms with E-state index in [0.717, 1.165) is 90.8 Å². The zero-order chi connectivity index (χ0) is 46.5. The van der Waals surface area contributed by atoms with Crippen molar-refractivity contribution >= 4 is 110 Å². The number of aryl methyl sites for hydroxylation is 4. The van der Waals surface area contributed by atoms with Crippen molar-refractivity contribution in [2.24, 2.45) is 0 Å². The van der Waals surface area contributed by atoms with E-state index in [1.165, 1.54) is 65.7 Å². The number of rotatable bonds is 10. The van der Waals surface area contributed by atoms with Crippen molar-refractivity contribution in [2.45, 2.75) is 80.1 Å². The summed E-state index contributed by atoms with van der Waals surface area (Å²) in [4.78, 5) is 5.04. The average Bonchev–Trinajstić information content (AvgIpc) is 3.92. The molecule has 4 nitrogen and oxygen atoms in total. The molecule has 0 fully saturated rings. The standard InChI is InChI=1S/C64H56N2O2/c1-9-41-25-27-49-45-21-11-13-23-57(45)67-63(49)61(41)65(43-19-15-17-39(7)33-43)55-35-53(37(3)4)47-30-32-52-56(36-54(38(5)6)48-29-31-51(55)59(47)60(48)52)66(44-20-16-18-40(8)34-44)62-42(10-2)26-28-50-46-22-12-14-24-58(46)68-64(50)62/h11-38H,9-10H2,1-8H3. The molecule has 0 atom stereocenters.